The number of H-pyrrole nitrogens is 3. The van der Waals surface area contributed by atoms with Gasteiger partial charge in [0.05, 0.1) is 45.4 Å². The van der Waals surface area contributed by atoms with Gasteiger partial charge in [-0.05, 0) is 208 Å². The van der Waals surface area contributed by atoms with Crippen molar-refractivity contribution in [3.63, 3.8) is 0 Å². The van der Waals surface area contributed by atoms with Crippen LogP contribution in [0.3, 0.4) is 0 Å². The molecule has 0 atom stereocenters. The topological polar surface area (TPSA) is 445 Å². The van der Waals surface area contributed by atoms with E-state index in [0.717, 1.165) is 129 Å². The number of carbonyl (C=O) groups excluding carboxylic acids is 5. The second-order valence-electron chi connectivity index (χ2n) is 30.7. The van der Waals surface area contributed by atoms with Gasteiger partial charge < -0.3 is 73.8 Å². The molecule has 14 rings (SSSR count). The van der Waals surface area contributed by atoms with Crippen LogP contribution in [0.5, 0.6) is 0 Å². The summed E-state index contributed by atoms with van der Waals surface area (Å²) >= 11 is 6.71. The second-order valence-corrected chi connectivity index (χ2v) is 32.5. The number of hydrogen-bond donors (Lipinski definition) is 5. The van der Waals surface area contributed by atoms with E-state index in [4.69, 9.17) is 15.8 Å². The van der Waals surface area contributed by atoms with E-state index in [0.29, 0.717) is 37.1 Å². The van der Waals surface area contributed by atoms with Gasteiger partial charge in [0.1, 0.15) is 50.6 Å². The van der Waals surface area contributed by atoms with Crippen LogP contribution in [-0.2, 0) is 81.5 Å². The van der Waals surface area contributed by atoms with Crippen molar-refractivity contribution in [1.82, 2.24) is 72.8 Å². The smallest absolute Gasteiger partial charge is 0.870 e. The largest absolute Gasteiger partial charge is 1.00 e. The molecule has 128 heavy (non-hydrogen) atoms. The van der Waals surface area contributed by atoms with Gasteiger partial charge in [-0.25, -0.2) is 54.1 Å². The number of ether oxygens (including phenoxy) is 3. The number of hydroxylamine groups is 2. The average Bonchev–Trinajstić information content (AvgIpc) is 1.49. The summed E-state index contributed by atoms with van der Waals surface area (Å²) in [6, 6.07) is 27.2. The molecule has 0 aliphatic heterocycles. The first kappa shape index (κ1) is 110. The molecule has 14 heterocycles. The van der Waals surface area contributed by atoms with E-state index in [1.807, 2.05) is 211 Å². The minimum atomic E-state index is -1.22. The number of ketones is 1. The molecule has 0 saturated heterocycles. The molecule has 0 saturated carbocycles. The Labute approximate surface area is 773 Å². The number of pyridine rings is 8. The molecule has 0 radical (unpaired) electrons. The number of allylic oxidation sites excluding steroid dienone is 1. The summed E-state index contributed by atoms with van der Waals surface area (Å²) in [5, 5.41) is 16.8. The molecule has 14 aromatic rings. The van der Waals surface area contributed by atoms with Crippen LogP contribution in [0, 0.1) is 0 Å². The Bertz CT molecular complexity index is 6210. The molecular weight excluding hydrogens is 1760 g/mol. The van der Waals surface area contributed by atoms with Crippen LogP contribution in [0.25, 0.3) is 88.7 Å². The summed E-state index contributed by atoms with van der Waals surface area (Å²) in [6.45, 7) is 23.9. The Morgan fingerprint density at radius 2 is 0.891 bits per heavy atom. The number of nitrogens with two attached hydrogens (primary N) is 1. The molecule has 32 nitrogen and oxygen atoms in total. The molecule has 0 bridgehead atoms. The minimum absolute atomic E-state index is 0. The maximum Gasteiger partial charge on any atom is 1.00 e. The summed E-state index contributed by atoms with van der Waals surface area (Å²) in [5.74, 6) is -3.02. The summed E-state index contributed by atoms with van der Waals surface area (Å²) in [7, 11) is 16.6. The second kappa shape index (κ2) is 52.2. The van der Waals surface area contributed by atoms with E-state index in [9.17, 15) is 38.4 Å². The molecule has 14 aromatic heterocycles. The maximum absolute atomic E-state index is 12.2. The van der Waals surface area contributed by atoms with Gasteiger partial charge in [0.25, 0.3) is 11.1 Å². The molecule has 0 fully saturated rings. The van der Waals surface area contributed by atoms with E-state index in [1.165, 1.54) is 56.4 Å². The number of aliphatic imine (C=N–C) groups is 1. The van der Waals surface area contributed by atoms with Crippen molar-refractivity contribution in [2.24, 2.45) is 46.0 Å². The molecule has 0 aliphatic carbocycles. The van der Waals surface area contributed by atoms with Crippen molar-refractivity contribution in [3.05, 3.63) is 234 Å². The van der Waals surface area contributed by atoms with Crippen molar-refractivity contribution >= 4 is 139 Å². The molecule has 35 heteroatoms. The first-order valence-electron chi connectivity index (χ1n) is 40.4. The van der Waals surface area contributed by atoms with Crippen LogP contribution in [0.15, 0.2) is 194 Å². The number of nitrogens with zero attached hydrogens (tertiary/aromatic N) is 13. The fraction of sp³-hybridized carbons (Fsp3) is 0.344. The molecule has 0 unspecified atom stereocenters. The van der Waals surface area contributed by atoms with Crippen LogP contribution in [-0.4, -0.2) is 177 Å². The third kappa shape index (κ3) is 32.0. The number of rotatable bonds is 17. The molecule has 0 aliphatic rings. The number of carbonyl (C=O) groups is 6. The van der Waals surface area contributed by atoms with Crippen molar-refractivity contribution in [3.8, 4) is 22.5 Å². The molecule has 1 amide bonds. The molecule has 680 valence electrons. The number of aryl methyl sites for hydroxylation is 7. The van der Waals surface area contributed by atoms with Gasteiger partial charge in [0.15, 0.2) is 5.78 Å². The monoisotopic (exact) mass is 1880 g/mol. The molecule has 8 N–H and O–H groups in total. The summed E-state index contributed by atoms with van der Waals surface area (Å²) in [5.41, 5.74) is 17.1. The van der Waals surface area contributed by atoms with Crippen molar-refractivity contribution in [2.75, 3.05) is 35.5 Å². The predicted molar refractivity (Wildman–Crippen MR) is 505 cm³/mol. The van der Waals surface area contributed by atoms with Crippen molar-refractivity contribution in [2.45, 2.75) is 146 Å². The molecule has 0 aromatic carbocycles. The predicted octanol–water partition coefficient (Wildman–Crippen LogP) is 14.1. The number of nitrogens with one attached hydrogen (secondary N) is 3. The Kier molecular flexibility index (Phi) is 44.9. The Hall–Kier alpha value is -12.1. The number of aromatic nitrogens is 14. The van der Waals surface area contributed by atoms with Gasteiger partial charge in [-0.2, -0.15) is 0 Å². The quantitative estimate of drug-likeness (QED) is 0.00650. The van der Waals surface area contributed by atoms with Crippen LogP contribution < -0.4 is 35.7 Å². The van der Waals surface area contributed by atoms with Gasteiger partial charge >= 0.3 is 42.7 Å². The number of carboxylic acid groups (broad SMARTS) is 1. The van der Waals surface area contributed by atoms with E-state index in [1.54, 1.807) is 44.8 Å². The molecular formula is C93H117Br2LiN17O15-. The van der Waals surface area contributed by atoms with Crippen molar-refractivity contribution < 1.29 is 82.7 Å². The fourth-order valence-electron chi connectivity index (χ4n) is 12.2. The molecule has 0 spiro atoms. The zero-order chi connectivity index (χ0) is 92.7. The van der Waals surface area contributed by atoms with Gasteiger partial charge in [0, 0.05) is 204 Å². The number of hydrogen-bond acceptors (Lipinski definition) is 22. The first-order valence-corrected chi connectivity index (χ1v) is 42.0. The van der Waals surface area contributed by atoms with Gasteiger partial charge in [-0.3, -0.25) is 29.0 Å². The zero-order valence-corrected chi connectivity index (χ0v) is 80.3. The minimum Gasteiger partial charge on any atom is -0.870 e. The number of halogens is 2. The van der Waals surface area contributed by atoms with Gasteiger partial charge in [-0.15, -0.1) is 0 Å². The van der Waals surface area contributed by atoms with E-state index >= 15 is 0 Å². The third-order valence-corrected chi connectivity index (χ3v) is 19.2. The number of fused-ring (bicyclic) bond motifs is 6. The summed E-state index contributed by atoms with van der Waals surface area (Å²) in [4.78, 5) is 135. The maximum atomic E-state index is 12.2. The number of aromatic amines is 3. The number of Topliss-reactive ketones (excluding diaryl/α,β-unsaturated/α-hetero) is 1. The zero-order valence-electron chi connectivity index (χ0n) is 77.1. The number of amides is 1. The first-order chi connectivity index (χ1) is 59.2. The Morgan fingerprint density at radius 1 is 0.516 bits per heavy atom. The van der Waals surface area contributed by atoms with E-state index < -0.39 is 35.0 Å². The Morgan fingerprint density at radius 3 is 1.28 bits per heavy atom. The van der Waals surface area contributed by atoms with E-state index in [-0.39, 0.29) is 69.3 Å². The van der Waals surface area contributed by atoms with Gasteiger partial charge in [-0.1, -0.05) is 47.1 Å². The van der Waals surface area contributed by atoms with Crippen LogP contribution in [0.1, 0.15) is 169 Å². The number of aromatic carboxylic acids is 1. The number of esters is 3. The fourth-order valence-corrected chi connectivity index (χ4v) is 12.9. The third-order valence-electron chi connectivity index (χ3n) is 18.4. The van der Waals surface area contributed by atoms with Crippen LogP contribution in [0.4, 0.5) is 0 Å². The number of carboxylic acids is 1. The standard InChI is InChI=1S/C17H17N3O3.C16H15N3O3.C16H23N3.C12H14N2O.C8H7BrN2.C7H5BrN2.C7H10O4.C6H13NO2.C4H11N.Li.2H2O/c1-4-10-8-13(17(22)23-3)16(21)19-14(10)12-7-11-5-6-20(2)15(11)18-9-12;1-3-9-7-12(16(21)22)15(20)18-13(9)11-6-10-4-5-19(2)14(10)17-8-11;1-6-7-14(18-16(2,3)4)13-10-12-8-9-19(5)15(12)17-11-13;1-3-4-11(15)10-7-9-5-6-14(2)12(9)13-8-10;1-11-3-2-6-4-7(9)5-10-8(6)11;8-6-3-5-1-2-9-7(5)10-4-6;1-4-5(6(8)10-2)7(9)11-3;1-4-5-6(8)7(2)9-3;1-4(2,3)5;;;/h5-9H,4H2,1-3H3,(H,19,21);4-8H,3H2,1-2H3,(H,18,20)(H,21,22);8-11H,6-7H2,1-5H3;5-8H,3-4H2,1-2H3;2-5H,1H3;1-4H,(H,9,10);4H,1-3H3;4-5H2,1-3H3;5H2,1-3H3;;2*1H2/q;;;;;;;;;+1;;/p-2. The summed E-state index contributed by atoms with van der Waals surface area (Å²) in [6.07, 6.45) is 30.0. The SMILES string of the molecule is Brc1cnc2[nH]ccc2c1.CC(C)(C)N.CC=C(C(=O)OC)C(=O)OC.CCCC(=NC(C)(C)C)c1cnc2c(ccn2C)c1.CCCC(=O)N(C)OC.CCCC(=O)c1cnc2c(ccn2C)c1.CCc1cc(C(=O)O)c(=O)[nH]c1-c1cnc2c(ccn2C)c1.CCc1cc(C(=O)OC)c(=O)[nH]c1-c1cnc2c(ccn2C)c1.Cn1ccc2cc(Br)cnc21.[Li+].[OH-].[OH-]. The number of methoxy groups -OCH3 is 3. The summed E-state index contributed by atoms with van der Waals surface area (Å²) < 4.78 is 25.2. The van der Waals surface area contributed by atoms with E-state index in [2.05, 4.69) is 142 Å². The van der Waals surface area contributed by atoms with Crippen molar-refractivity contribution in [1.29, 1.82) is 0 Å². The van der Waals surface area contributed by atoms with Gasteiger partial charge in [0.2, 0.25) is 5.91 Å². The normalized spacial score (nSPS) is 10.6. The Balaban J connectivity index is 0.000000380. The van der Waals surface area contributed by atoms with Crippen LogP contribution in [0.2, 0.25) is 0 Å². The average molecular weight is 1880 g/mol. The van der Waals surface area contributed by atoms with Crippen LogP contribution >= 0.6 is 31.9 Å².